The smallest absolute Gasteiger partial charge is 0.129 e. The number of hydrogen-bond donors (Lipinski definition) is 1. The first-order chi connectivity index (χ1) is 8.65. The minimum absolute atomic E-state index is 0.684. The molecule has 100 valence electrons. The van der Waals surface area contributed by atoms with E-state index in [1.807, 2.05) is 19.2 Å². The monoisotopic (exact) mass is 248 g/mol. The van der Waals surface area contributed by atoms with E-state index in [4.69, 9.17) is 0 Å². The van der Waals surface area contributed by atoms with Crippen molar-refractivity contribution < 1.29 is 0 Å². The molecule has 4 heteroatoms. The van der Waals surface area contributed by atoms with Gasteiger partial charge in [0.05, 0.1) is 0 Å². The summed E-state index contributed by atoms with van der Waals surface area (Å²) in [4.78, 5) is 11.0. The summed E-state index contributed by atoms with van der Waals surface area (Å²) in [5, 5.41) is 3.43. The van der Waals surface area contributed by atoms with Crippen LogP contribution >= 0.6 is 0 Å². The van der Waals surface area contributed by atoms with Gasteiger partial charge in [-0.3, -0.25) is 0 Å². The molecule has 4 nitrogen and oxygen atoms in total. The number of aryl methyl sites for hydroxylation is 1. The van der Waals surface area contributed by atoms with Crippen LogP contribution in [0.1, 0.15) is 32.5 Å². The maximum absolute atomic E-state index is 4.37. The maximum Gasteiger partial charge on any atom is 0.129 e. The third kappa shape index (κ3) is 3.67. The Morgan fingerprint density at radius 2 is 2.11 bits per heavy atom. The summed E-state index contributed by atoms with van der Waals surface area (Å²) in [5.41, 5.74) is 0. The number of nitrogens with one attached hydrogen (secondary N) is 1. The Hall–Kier alpha value is -1.16. The Kier molecular flexibility index (Phi) is 4.53. The van der Waals surface area contributed by atoms with E-state index in [1.54, 1.807) is 0 Å². The lowest BCUT2D eigenvalue weighted by molar-refractivity contribution is 0.153. The highest BCUT2D eigenvalue weighted by molar-refractivity contribution is 5.32. The van der Waals surface area contributed by atoms with Crippen LogP contribution in [0.4, 0.5) is 5.82 Å². The first-order valence-electron chi connectivity index (χ1n) is 6.92. The van der Waals surface area contributed by atoms with Gasteiger partial charge in [-0.05, 0) is 58.7 Å². The summed E-state index contributed by atoms with van der Waals surface area (Å²) in [6.45, 7) is 9.97. The zero-order valence-corrected chi connectivity index (χ0v) is 11.7. The second-order valence-corrected chi connectivity index (χ2v) is 5.44. The number of nitrogens with zero attached hydrogens (tertiary/aromatic N) is 3. The number of piperidine rings is 1. The van der Waals surface area contributed by atoms with E-state index in [1.165, 1.54) is 25.9 Å². The second-order valence-electron chi connectivity index (χ2n) is 5.44. The molecule has 1 saturated heterocycles. The van der Waals surface area contributed by atoms with Crippen LogP contribution in [-0.2, 0) is 0 Å². The van der Waals surface area contributed by atoms with E-state index >= 15 is 0 Å². The number of rotatable bonds is 4. The molecule has 1 aliphatic rings. The predicted octanol–water partition coefficient (Wildman–Crippen LogP) is 2.32. The molecule has 0 bridgehead atoms. The summed E-state index contributed by atoms with van der Waals surface area (Å²) < 4.78 is 0. The molecular weight excluding hydrogens is 224 g/mol. The molecule has 2 rings (SSSR count). The molecule has 1 aromatic rings. The molecule has 0 unspecified atom stereocenters. The van der Waals surface area contributed by atoms with Crippen LogP contribution in [0.2, 0.25) is 0 Å². The van der Waals surface area contributed by atoms with Crippen LogP contribution in [0.15, 0.2) is 12.3 Å². The lowest BCUT2D eigenvalue weighted by Crippen LogP contribution is -2.39. The molecule has 0 amide bonds. The molecule has 1 aromatic heterocycles. The van der Waals surface area contributed by atoms with Crippen LogP contribution in [0.3, 0.4) is 0 Å². The van der Waals surface area contributed by atoms with E-state index < -0.39 is 0 Å². The van der Waals surface area contributed by atoms with Crippen molar-refractivity contribution in [3.8, 4) is 0 Å². The van der Waals surface area contributed by atoms with Crippen molar-refractivity contribution in [3.05, 3.63) is 18.1 Å². The Balaban J connectivity index is 1.75. The molecule has 0 saturated carbocycles. The Labute approximate surface area is 110 Å². The van der Waals surface area contributed by atoms with Gasteiger partial charge in [0.15, 0.2) is 0 Å². The van der Waals surface area contributed by atoms with Gasteiger partial charge >= 0.3 is 0 Å². The van der Waals surface area contributed by atoms with Crippen molar-refractivity contribution in [2.75, 3.05) is 25.0 Å². The standard InChI is InChI=1S/C14H24N4/c1-11(2)18-8-5-13(6-9-18)10-16-14-4-7-15-12(3)17-14/h4,7,11,13H,5-6,8-10H2,1-3H3,(H,15,16,17). The molecule has 0 radical (unpaired) electrons. The zero-order valence-electron chi connectivity index (χ0n) is 11.7. The minimum Gasteiger partial charge on any atom is -0.370 e. The van der Waals surface area contributed by atoms with Gasteiger partial charge in [0.2, 0.25) is 0 Å². The zero-order chi connectivity index (χ0) is 13.0. The van der Waals surface area contributed by atoms with Gasteiger partial charge in [0.25, 0.3) is 0 Å². The van der Waals surface area contributed by atoms with Gasteiger partial charge in [-0.1, -0.05) is 0 Å². The van der Waals surface area contributed by atoms with Crippen LogP contribution in [0, 0.1) is 12.8 Å². The highest BCUT2D eigenvalue weighted by Crippen LogP contribution is 2.19. The first kappa shape index (κ1) is 13.3. The highest BCUT2D eigenvalue weighted by atomic mass is 15.2. The molecule has 0 aliphatic carbocycles. The molecule has 1 fully saturated rings. The molecule has 0 spiro atoms. The first-order valence-corrected chi connectivity index (χ1v) is 6.92. The number of aromatic nitrogens is 2. The molecule has 0 aromatic carbocycles. The average Bonchev–Trinajstić information content (AvgIpc) is 2.37. The van der Waals surface area contributed by atoms with Gasteiger partial charge in [-0.2, -0.15) is 0 Å². The Morgan fingerprint density at radius 1 is 1.39 bits per heavy atom. The van der Waals surface area contributed by atoms with Gasteiger partial charge in [-0.25, -0.2) is 9.97 Å². The summed E-state index contributed by atoms with van der Waals surface area (Å²) >= 11 is 0. The van der Waals surface area contributed by atoms with Gasteiger partial charge in [0.1, 0.15) is 11.6 Å². The van der Waals surface area contributed by atoms with Crippen molar-refractivity contribution in [1.82, 2.24) is 14.9 Å². The SMILES string of the molecule is Cc1nccc(NCC2CCN(C(C)C)CC2)n1. The van der Waals surface area contributed by atoms with Crippen molar-refractivity contribution in [1.29, 1.82) is 0 Å². The lowest BCUT2D eigenvalue weighted by Gasteiger charge is -2.34. The largest absolute Gasteiger partial charge is 0.370 e. The van der Waals surface area contributed by atoms with Crippen LogP contribution in [0.25, 0.3) is 0 Å². The van der Waals surface area contributed by atoms with Crippen molar-refractivity contribution in [2.24, 2.45) is 5.92 Å². The number of likely N-dealkylation sites (tertiary alicyclic amines) is 1. The van der Waals surface area contributed by atoms with Crippen LogP contribution < -0.4 is 5.32 Å². The van der Waals surface area contributed by atoms with E-state index in [2.05, 4.69) is 34.0 Å². The summed E-state index contributed by atoms with van der Waals surface area (Å²) in [6, 6.07) is 2.62. The fraction of sp³-hybridized carbons (Fsp3) is 0.714. The molecule has 18 heavy (non-hydrogen) atoms. The maximum atomic E-state index is 4.37. The second kappa shape index (κ2) is 6.14. The Morgan fingerprint density at radius 3 is 2.72 bits per heavy atom. The van der Waals surface area contributed by atoms with Gasteiger partial charge in [0, 0.05) is 18.8 Å². The van der Waals surface area contributed by atoms with E-state index in [0.29, 0.717) is 6.04 Å². The van der Waals surface area contributed by atoms with Crippen molar-refractivity contribution >= 4 is 5.82 Å². The topological polar surface area (TPSA) is 41.1 Å². The molecule has 2 heterocycles. The van der Waals surface area contributed by atoms with Crippen LogP contribution in [-0.4, -0.2) is 40.5 Å². The normalized spacial score (nSPS) is 18.2. The predicted molar refractivity (Wildman–Crippen MR) is 74.7 cm³/mol. The van der Waals surface area contributed by atoms with E-state index in [9.17, 15) is 0 Å². The quantitative estimate of drug-likeness (QED) is 0.888. The number of hydrogen-bond acceptors (Lipinski definition) is 4. The number of anilines is 1. The lowest BCUT2D eigenvalue weighted by atomic mass is 9.96. The third-order valence-corrected chi connectivity index (χ3v) is 3.73. The summed E-state index contributed by atoms with van der Waals surface area (Å²) in [5.74, 6) is 2.55. The van der Waals surface area contributed by atoms with Gasteiger partial charge < -0.3 is 10.2 Å². The average molecular weight is 248 g/mol. The summed E-state index contributed by atoms with van der Waals surface area (Å²) in [6.07, 6.45) is 4.39. The summed E-state index contributed by atoms with van der Waals surface area (Å²) in [7, 11) is 0. The highest BCUT2D eigenvalue weighted by Gasteiger charge is 2.20. The van der Waals surface area contributed by atoms with Gasteiger partial charge in [-0.15, -0.1) is 0 Å². The van der Waals surface area contributed by atoms with Crippen molar-refractivity contribution in [2.45, 2.75) is 39.7 Å². The third-order valence-electron chi connectivity index (χ3n) is 3.73. The van der Waals surface area contributed by atoms with Crippen LogP contribution in [0.5, 0.6) is 0 Å². The fourth-order valence-electron chi connectivity index (χ4n) is 2.48. The van der Waals surface area contributed by atoms with E-state index in [-0.39, 0.29) is 0 Å². The minimum atomic E-state index is 0.684. The van der Waals surface area contributed by atoms with E-state index in [0.717, 1.165) is 24.1 Å². The molecule has 1 N–H and O–H groups in total. The Bertz CT molecular complexity index is 370. The molecular formula is C14H24N4. The van der Waals surface area contributed by atoms with Crippen molar-refractivity contribution in [3.63, 3.8) is 0 Å². The molecule has 0 atom stereocenters. The molecule has 1 aliphatic heterocycles. The fourth-order valence-corrected chi connectivity index (χ4v) is 2.48.